The molecule has 4 unspecified atom stereocenters. The average Bonchev–Trinajstić information content (AvgIpc) is 2.85. The number of aliphatic hydroxyl groups excluding tert-OH is 1. The Kier molecular flexibility index (Phi) is 2.29. The lowest BCUT2D eigenvalue weighted by Gasteiger charge is -2.24. The normalized spacial score (nSPS) is 43.1. The van der Waals surface area contributed by atoms with Crippen LogP contribution in [0.4, 0.5) is 0 Å². The number of aliphatic hydroxyl groups is 1. The predicted molar refractivity (Wildman–Crippen MR) is 56.0 cm³/mol. The van der Waals surface area contributed by atoms with Gasteiger partial charge in [0.05, 0.1) is 6.10 Å². The van der Waals surface area contributed by atoms with Crippen molar-refractivity contribution in [2.45, 2.75) is 50.7 Å². The Hall–Kier alpha value is -0.0800. The third kappa shape index (κ3) is 1.70. The molecule has 14 heavy (non-hydrogen) atoms. The van der Waals surface area contributed by atoms with E-state index in [0.717, 1.165) is 24.4 Å². The van der Waals surface area contributed by atoms with Gasteiger partial charge in [-0.2, -0.15) is 0 Å². The van der Waals surface area contributed by atoms with Gasteiger partial charge in [-0.25, -0.2) is 0 Å². The van der Waals surface area contributed by atoms with Crippen LogP contribution in [-0.2, 0) is 0 Å². The van der Waals surface area contributed by atoms with Crippen molar-refractivity contribution in [3.63, 3.8) is 0 Å². The zero-order chi connectivity index (χ0) is 9.54. The summed E-state index contributed by atoms with van der Waals surface area (Å²) in [6.07, 6.45) is 8.17. The monoisotopic (exact) mass is 195 g/mol. The highest BCUT2D eigenvalue weighted by Crippen LogP contribution is 2.44. The van der Waals surface area contributed by atoms with Crippen molar-refractivity contribution >= 4 is 0 Å². The van der Waals surface area contributed by atoms with Gasteiger partial charge in [-0.3, -0.25) is 0 Å². The minimum absolute atomic E-state index is 0.0610. The molecule has 3 rings (SSSR count). The number of hydrogen-bond donors (Lipinski definition) is 2. The molecule has 0 aromatic heterocycles. The highest BCUT2D eigenvalue weighted by molar-refractivity contribution is 4.95. The lowest BCUT2D eigenvalue weighted by molar-refractivity contribution is 0.140. The third-order valence-corrected chi connectivity index (χ3v) is 4.49. The van der Waals surface area contributed by atoms with Gasteiger partial charge in [0.25, 0.3) is 0 Å². The van der Waals surface area contributed by atoms with Crippen LogP contribution in [0.15, 0.2) is 0 Å². The van der Waals surface area contributed by atoms with Crippen LogP contribution in [0.5, 0.6) is 0 Å². The number of nitrogens with one attached hydrogen (secondary N) is 1. The summed E-state index contributed by atoms with van der Waals surface area (Å²) >= 11 is 0. The fourth-order valence-corrected chi connectivity index (χ4v) is 3.41. The molecule has 0 amide bonds. The Labute approximate surface area is 86.1 Å². The van der Waals surface area contributed by atoms with E-state index in [-0.39, 0.29) is 6.10 Å². The van der Waals surface area contributed by atoms with Crippen molar-refractivity contribution in [3.8, 4) is 0 Å². The minimum Gasteiger partial charge on any atom is -0.392 e. The first-order valence-electron chi connectivity index (χ1n) is 6.24. The van der Waals surface area contributed by atoms with Crippen molar-refractivity contribution in [1.29, 1.82) is 0 Å². The Bertz CT molecular complexity index is 214. The minimum atomic E-state index is -0.0610. The van der Waals surface area contributed by atoms with Gasteiger partial charge < -0.3 is 10.4 Å². The third-order valence-electron chi connectivity index (χ3n) is 4.49. The molecule has 0 spiro atoms. The van der Waals surface area contributed by atoms with Gasteiger partial charge in [0, 0.05) is 12.6 Å². The number of rotatable bonds is 4. The molecule has 3 aliphatic carbocycles. The highest BCUT2D eigenvalue weighted by Gasteiger charge is 2.39. The Balaban J connectivity index is 1.44. The lowest BCUT2D eigenvalue weighted by atomic mass is 9.95. The van der Waals surface area contributed by atoms with Crippen LogP contribution in [0.1, 0.15) is 38.5 Å². The van der Waals surface area contributed by atoms with Gasteiger partial charge in [-0.15, -0.1) is 0 Å². The molecule has 3 saturated carbocycles. The summed E-state index contributed by atoms with van der Waals surface area (Å²) in [4.78, 5) is 0. The van der Waals surface area contributed by atoms with Crippen molar-refractivity contribution in [2.24, 2.45) is 17.8 Å². The fraction of sp³-hybridized carbons (Fsp3) is 1.00. The molecule has 0 radical (unpaired) electrons. The van der Waals surface area contributed by atoms with E-state index in [9.17, 15) is 5.11 Å². The first kappa shape index (κ1) is 9.17. The van der Waals surface area contributed by atoms with Crippen molar-refractivity contribution in [2.75, 3.05) is 6.54 Å². The van der Waals surface area contributed by atoms with E-state index in [0.29, 0.717) is 5.92 Å². The topological polar surface area (TPSA) is 32.3 Å². The fourth-order valence-electron chi connectivity index (χ4n) is 3.41. The lowest BCUT2D eigenvalue weighted by Crippen LogP contribution is -2.39. The van der Waals surface area contributed by atoms with Crippen LogP contribution in [0.3, 0.4) is 0 Å². The predicted octanol–water partition coefficient (Wildman–Crippen LogP) is 1.54. The molecule has 0 aromatic carbocycles. The summed E-state index contributed by atoms with van der Waals surface area (Å²) in [6.45, 7) is 0.846. The summed E-state index contributed by atoms with van der Waals surface area (Å²) in [5, 5.41) is 13.3. The zero-order valence-corrected chi connectivity index (χ0v) is 8.78. The summed E-state index contributed by atoms with van der Waals surface area (Å²) < 4.78 is 0. The van der Waals surface area contributed by atoms with Crippen LogP contribution in [0.25, 0.3) is 0 Å². The summed E-state index contributed by atoms with van der Waals surface area (Å²) in [6, 6.07) is 0.738. The second-order valence-electron chi connectivity index (χ2n) is 5.59. The Morgan fingerprint density at radius 2 is 2.00 bits per heavy atom. The van der Waals surface area contributed by atoms with E-state index in [1.165, 1.54) is 38.5 Å². The SMILES string of the molecule is OC(CNC1CC2CCC1C2)C1CC1. The molecule has 0 heterocycles. The maximum atomic E-state index is 9.76. The Morgan fingerprint density at radius 3 is 2.57 bits per heavy atom. The van der Waals surface area contributed by atoms with E-state index < -0.39 is 0 Å². The van der Waals surface area contributed by atoms with Crippen LogP contribution in [0, 0.1) is 17.8 Å². The summed E-state index contributed by atoms with van der Waals surface area (Å²) in [5.41, 5.74) is 0. The van der Waals surface area contributed by atoms with Crippen molar-refractivity contribution in [3.05, 3.63) is 0 Å². The first-order valence-corrected chi connectivity index (χ1v) is 6.24. The second-order valence-corrected chi connectivity index (χ2v) is 5.59. The van der Waals surface area contributed by atoms with Crippen LogP contribution >= 0.6 is 0 Å². The molecule has 2 N–H and O–H groups in total. The highest BCUT2D eigenvalue weighted by atomic mass is 16.3. The standard InChI is InChI=1S/C12H21NO/c14-12(9-3-4-9)7-13-11-6-8-1-2-10(11)5-8/h8-14H,1-7H2. The largest absolute Gasteiger partial charge is 0.392 e. The molecule has 0 aromatic rings. The van der Waals surface area contributed by atoms with Crippen LogP contribution < -0.4 is 5.32 Å². The van der Waals surface area contributed by atoms with Gasteiger partial charge in [-0.05, 0) is 49.9 Å². The molecule has 3 aliphatic rings. The maximum absolute atomic E-state index is 9.76. The number of fused-ring (bicyclic) bond motifs is 2. The molecule has 0 aliphatic heterocycles. The van der Waals surface area contributed by atoms with E-state index in [2.05, 4.69) is 5.32 Å². The molecular weight excluding hydrogens is 174 g/mol. The van der Waals surface area contributed by atoms with Crippen LogP contribution in [-0.4, -0.2) is 23.8 Å². The van der Waals surface area contributed by atoms with Gasteiger partial charge in [0.1, 0.15) is 0 Å². The second kappa shape index (κ2) is 3.49. The van der Waals surface area contributed by atoms with E-state index >= 15 is 0 Å². The molecule has 3 fully saturated rings. The average molecular weight is 195 g/mol. The summed E-state index contributed by atoms with van der Waals surface area (Å²) in [7, 11) is 0. The summed E-state index contributed by atoms with van der Waals surface area (Å²) in [5.74, 6) is 2.57. The van der Waals surface area contributed by atoms with Gasteiger partial charge in [0.2, 0.25) is 0 Å². The molecular formula is C12H21NO. The smallest absolute Gasteiger partial charge is 0.0692 e. The maximum Gasteiger partial charge on any atom is 0.0692 e. The molecule has 80 valence electrons. The van der Waals surface area contributed by atoms with Crippen LogP contribution in [0.2, 0.25) is 0 Å². The van der Waals surface area contributed by atoms with E-state index in [1.807, 2.05) is 0 Å². The van der Waals surface area contributed by atoms with Crippen molar-refractivity contribution in [1.82, 2.24) is 5.32 Å². The molecule has 0 saturated heterocycles. The van der Waals surface area contributed by atoms with E-state index in [4.69, 9.17) is 0 Å². The van der Waals surface area contributed by atoms with Gasteiger partial charge in [-0.1, -0.05) is 6.42 Å². The zero-order valence-electron chi connectivity index (χ0n) is 8.78. The molecule has 2 heteroatoms. The molecule has 4 atom stereocenters. The van der Waals surface area contributed by atoms with Gasteiger partial charge >= 0.3 is 0 Å². The molecule has 2 bridgehead atoms. The molecule has 2 nitrogen and oxygen atoms in total. The number of hydrogen-bond acceptors (Lipinski definition) is 2. The van der Waals surface area contributed by atoms with Gasteiger partial charge in [0.15, 0.2) is 0 Å². The van der Waals surface area contributed by atoms with E-state index in [1.54, 1.807) is 0 Å². The quantitative estimate of drug-likeness (QED) is 0.713. The van der Waals surface area contributed by atoms with Crippen molar-refractivity contribution < 1.29 is 5.11 Å². The first-order chi connectivity index (χ1) is 6.83. The Morgan fingerprint density at radius 1 is 1.14 bits per heavy atom.